The van der Waals surface area contributed by atoms with E-state index in [1.165, 1.54) is 6.42 Å². The summed E-state index contributed by atoms with van der Waals surface area (Å²) in [5.74, 6) is 0.931. The molecule has 2 atom stereocenters. The van der Waals surface area contributed by atoms with Gasteiger partial charge in [0.1, 0.15) is 5.75 Å². The number of hydrogen-bond acceptors (Lipinski definition) is 4. The zero-order valence-electron chi connectivity index (χ0n) is 13.8. The quantitative estimate of drug-likeness (QED) is 0.871. The molecule has 3 rings (SSSR count). The Balaban J connectivity index is 1.48. The van der Waals surface area contributed by atoms with E-state index in [1.807, 2.05) is 31.2 Å². The predicted molar refractivity (Wildman–Crippen MR) is 88.4 cm³/mol. The molecule has 23 heavy (non-hydrogen) atoms. The Morgan fingerprint density at radius 3 is 3.22 bits per heavy atom. The lowest BCUT2D eigenvalue weighted by Crippen LogP contribution is -2.51. The van der Waals surface area contributed by atoms with Gasteiger partial charge >= 0.3 is 0 Å². The lowest BCUT2D eigenvalue weighted by molar-refractivity contribution is -0.126. The van der Waals surface area contributed by atoms with Crippen LogP contribution in [0.2, 0.25) is 0 Å². The molecule has 2 aliphatic rings. The Morgan fingerprint density at radius 2 is 2.35 bits per heavy atom. The molecule has 1 amide bonds. The van der Waals surface area contributed by atoms with Crippen LogP contribution in [-0.2, 0) is 16.1 Å². The molecule has 1 aromatic rings. The number of benzene rings is 1. The van der Waals surface area contributed by atoms with Gasteiger partial charge in [0.25, 0.3) is 0 Å². The van der Waals surface area contributed by atoms with Crippen LogP contribution in [0.25, 0.3) is 0 Å². The van der Waals surface area contributed by atoms with E-state index in [-0.39, 0.29) is 5.91 Å². The number of amides is 1. The summed E-state index contributed by atoms with van der Waals surface area (Å²) < 4.78 is 11.3. The minimum Gasteiger partial charge on any atom is -0.494 e. The van der Waals surface area contributed by atoms with Crippen molar-refractivity contribution in [1.29, 1.82) is 0 Å². The van der Waals surface area contributed by atoms with Crippen molar-refractivity contribution in [3.8, 4) is 5.75 Å². The smallest absolute Gasteiger partial charge is 0.234 e. The fraction of sp³-hybridized carbons (Fsp3) is 0.611. The highest BCUT2D eigenvalue weighted by Gasteiger charge is 2.36. The Hall–Kier alpha value is -1.59. The van der Waals surface area contributed by atoms with Gasteiger partial charge in [-0.2, -0.15) is 0 Å². The number of hydrogen-bond donors (Lipinski definition) is 1. The molecular weight excluding hydrogens is 292 g/mol. The van der Waals surface area contributed by atoms with Crippen LogP contribution in [0.3, 0.4) is 0 Å². The van der Waals surface area contributed by atoms with Gasteiger partial charge in [-0.15, -0.1) is 0 Å². The van der Waals surface area contributed by atoms with Gasteiger partial charge in [0.15, 0.2) is 0 Å². The molecule has 0 aromatic heterocycles. The molecule has 1 N–H and O–H groups in total. The van der Waals surface area contributed by atoms with Crippen LogP contribution in [0.1, 0.15) is 31.7 Å². The summed E-state index contributed by atoms with van der Waals surface area (Å²) >= 11 is 0. The molecule has 126 valence electrons. The number of carbonyl (C=O) groups excluding carboxylic acids is 1. The number of nitrogens with one attached hydrogen (secondary N) is 1. The van der Waals surface area contributed by atoms with E-state index in [4.69, 9.17) is 9.47 Å². The molecule has 1 aliphatic heterocycles. The van der Waals surface area contributed by atoms with Crippen LogP contribution in [0.4, 0.5) is 0 Å². The Morgan fingerprint density at radius 1 is 1.43 bits per heavy atom. The van der Waals surface area contributed by atoms with Gasteiger partial charge in [-0.05, 0) is 43.9 Å². The predicted octanol–water partition coefficient (Wildman–Crippen LogP) is 1.95. The number of morpholine rings is 1. The molecule has 0 radical (unpaired) electrons. The molecule has 1 heterocycles. The number of carbonyl (C=O) groups is 1. The van der Waals surface area contributed by atoms with Crippen LogP contribution in [0.5, 0.6) is 5.75 Å². The first-order valence-corrected chi connectivity index (χ1v) is 8.60. The molecular formula is C18H26N2O3. The number of rotatable bonds is 6. The van der Waals surface area contributed by atoms with Crippen molar-refractivity contribution in [2.45, 2.75) is 44.9 Å². The highest BCUT2D eigenvalue weighted by atomic mass is 16.5. The summed E-state index contributed by atoms with van der Waals surface area (Å²) in [5, 5.41) is 3.02. The first-order valence-electron chi connectivity index (χ1n) is 8.60. The van der Waals surface area contributed by atoms with Gasteiger partial charge in [-0.1, -0.05) is 12.1 Å². The van der Waals surface area contributed by atoms with E-state index < -0.39 is 0 Å². The molecule has 1 aliphatic carbocycles. The van der Waals surface area contributed by atoms with Crippen LogP contribution >= 0.6 is 0 Å². The average molecular weight is 318 g/mol. The fourth-order valence-corrected chi connectivity index (χ4v) is 3.55. The molecule has 1 saturated heterocycles. The first-order chi connectivity index (χ1) is 11.3. The third-order valence-corrected chi connectivity index (χ3v) is 4.64. The van der Waals surface area contributed by atoms with Crippen molar-refractivity contribution in [3.63, 3.8) is 0 Å². The minimum absolute atomic E-state index is 0.0827. The van der Waals surface area contributed by atoms with Crippen molar-refractivity contribution in [2.24, 2.45) is 0 Å². The largest absolute Gasteiger partial charge is 0.494 e. The van der Waals surface area contributed by atoms with Crippen molar-refractivity contribution < 1.29 is 14.3 Å². The maximum absolute atomic E-state index is 12.3. The summed E-state index contributed by atoms with van der Waals surface area (Å²) in [6, 6.07) is 8.30. The van der Waals surface area contributed by atoms with Crippen molar-refractivity contribution >= 4 is 5.91 Å². The maximum atomic E-state index is 12.3. The van der Waals surface area contributed by atoms with E-state index in [2.05, 4.69) is 10.2 Å². The van der Waals surface area contributed by atoms with Crippen molar-refractivity contribution in [3.05, 3.63) is 29.8 Å². The third kappa shape index (κ3) is 4.24. The molecule has 1 saturated carbocycles. The Bertz CT molecular complexity index is 535. The van der Waals surface area contributed by atoms with Crippen molar-refractivity contribution in [2.75, 3.05) is 26.3 Å². The third-order valence-electron chi connectivity index (χ3n) is 4.64. The molecule has 0 spiro atoms. The SMILES string of the molecule is CCOc1cccc(CNC(=O)CN2CCOC3CCCC32)c1. The summed E-state index contributed by atoms with van der Waals surface area (Å²) in [6.45, 7) is 5.22. The van der Waals surface area contributed by atoms with Gasteiger partial charge in [0.05, 0.1) is 25.9 Å². The monoisotopic (exact) mass is 318 g/mol. The van der Waals surface area contributed by atoms with E-state index in [1.54, 1.807) is 0 Å². The van der Waals surface area contributed by atoms with Gasteiger partial charge in [-0.3, -0.25) is 9.69 Å². The second-order valence-corrected chi connectivity index (χ2v) is 6.24. The highest BCUT2D eigenvalue weighted by molar-refractivity contribution is 5.78. The van der Waals surface area contributed by atoms with E-state index >= 15 is 0 Å². The van der Waals surface area contributed by atoms with E-state index in [0.29, 0.717) is 31.8 Å². The summed E-state index contributed by atoms with van der Waals surface area (Å²) in [5.41, 5.74) is 1.06. The summed E-state index contributed by atoms with van der Waals surface area (Å²) in [7, 11) is 0. The van der Waals surface area contributed by atoms with Gasteiger partial charge < -0.3 is 14.8 Å². The average Bonchev–Trinajstić information content (AvgIpc) is 3.03. The molecule has 2 fully saturated rings. The van der Waals surface area contributed by atoms with E-state index in [0.717, 1.165) is 37.3 Å². The molecule has 1 aromatic carbocycles. The van der Waals surface area contributed by atoms with Crippen LogP contribution in [0.15, 0.2) is 24.3 Å². The molecule has 5 nitrogen and oxygen atoms in total. The second-order valence-electron chi connectivity index (χ2n) is 6.24. The van der Waals surface area contributed by atoms with Crippen LogP contribution in [0, 0.1) is 0 Å². The topological polar surface area (TPSA) is 50.8 Å². The standard InChI is InChI=1S/C18H26N2O3/c1-2-22-15-6-3-5-14(11-15)12-19-18(21)13-20-9-10-23-17-8-4-7-16(17)20/h3,5-6,11,16-17H,2,4,7-10,12-13H2,1H3,(H,19,21). The minimum atomic E-state index is 0.0827. The van der Waals surface area contributed by atoms with Crippen LogP contribution < -0.4 is 10.1 Å². The number of nitrogens with zero attached hydrogens (tertiary/aromatic N) is 1. The number of fused-ring (bicyclic) bond motifs is 1. The zero-order valence-corrected chi connectivity index (χ0v) is 13.8. The fourth-order valence-electron chi connectivity index (χ4n) is 3.55. The van der Waals surface area contributed by atoms with Gasteiger partial charge in [-0.25, -0.2) is 0 Å². The summed E-state index contributed by atoms with van der Waals surface area (Å²) in [6.07, 6.45) is 3.82. The maximum Gasteiger partial charge on any atom is 0.234 e. The van der Waals surface area contributed by atoms with Crippen molar-refractivity contribution in [1.82, 2.24) is 10.2 Å². The molecule has 0 bridgehead atoms. The lowest BCUT2D eigenvalue weighted by atomic mass is 10.1. The Labute approximate surface area is 137 Å². The second kappa shape index (κ2) is 7.79. The van der Waals surface area contributed by atoms with Gasteiger partial charge in [0, 0.05) is 19.1 Å². The Kier molecular flexibility index (Phi) is 5.51. The summed E-state index contributed by atoms with van der Waals surface area (Å²) in [4.78, 5) is 14.5. The number of ether oxygens (including phenoxy) is 2. The molecule has 5 heteroatoms. The van der Waals surface area contributed by atoms with Crippen LogP contribution in [-0.4, -0.2) is 49.3 Å². The zero-order chi connectivity index (χ0) is 16.1. The van der Waals surface area contributed by atoms with Gasteiger partial charge in [0.2, 0.25) is 5.91 Å². The molecule has 2 unspecified atom stereocenters. The first kappa shape index (κ1) is 16.3. The van der Waals surface area contributed by atoms with E-state index in [9.17, 15) is 4.79 Å². The normalized spacial score (nSPS) is 24.2. The highest BCUT2D eigenvalue weighted by Crippen LogP contribution is 2.29. The lowest BCUT2D eigenvalue weighted by Gasteiger charge is -2.37.